The number of imidazole rings is 1. The van der Waals surface area contributed by atoms with Crippen LogP contribution in [0.15, 0.2) is 66.1 Å². The number of aromatic nitrogens is 2. The van der Waals surface area contributed by atoms with Crippen molar-refractivity contribution in [2.75, 3.05) is 0 Å². The number of halogens is 2. The van der Waals surface area contributed by atoms with Gasteiger partial charge in [0.05, 0.1) is 11.2 Å². The minimum Gasteiger partial charge on any atom is -0.306 e. The Labute approximate surface area is 144 Å². The molecule has 0 aliphatic rings. The minimum absolute atomic E-state index is 0.452. The number of benzene rings is 2. The molecule has 0 radical (unpaired) electrons. The first-order chi connectivity index (χ1) is 11.8. The van der Waals surface area contributed by atoms with Crippen LogP contribution in [-0.2, 0) is 10.0 Å². The molecule has 3 aromatic rings. The van der Waals surface area contributed by atoms with Crippen LogP contribution in [0.3, 0.4) is 0 Å². The molecule has 0 saturated heterocycles. The van der Waals surface area contributed by atoms with E-state index in [1.165, 1.54) is 0 Å². The lowest BCUT2D eigenvalue weighted by atomic mass is 10.1. The lowest BCUT2D eigenvalue weighted by Gasteiger charge is -2.15. The van der Waals surface area contributed by atoms with Gasteiger partial charge < -0.3 is 4.57 Å². The predicted molar refractivity (Wildman–Crippen MR) is 88.7 cm³/mol. The summed E-state index contributed by atoms with van der Waals surface area (Å²) in [6, 6.07) is 8.79. The van der Waals surface area contributed by atoms with Crippen molar-refractivity contribution >= 4 is 10.0 Å². The SMILES string of the molecule is CC(NS(=O)(=O)c1cc(F)cc(F)c1)c1ccc(-n2ccnc2)cc1. The van der Waals surface area contributed by atoms with Crippen molar-refractivity contribution in [2.24, 2.45) is 0 Å². The van der Waals surface area contributed by atoms with Crippen molar-refractivity contribution in [3.05, 3.63) is 78.4 Å². The molecule has 0 saturated carbocycles. The molecule has 130 valence electrons. The lowest BCUT2D eigenvalue weighted by molar-refractivity contribution is 0.553. The number of nitrogens with zero attached hydrogens (tertiary/aromatic N) is 2. The highest BCUT2D eigenvalue weighted by Gasteiger charge is 2.20. The Balaban J connectivity index is 1.80. The first-order valence-electron chi connectivity index (χ1n) is 7.42. The van der Waals surface area contributed by atoms with Gasteiger partial charge in [-0.1, -0.05) is 12.1 Å². The topological polar surface area (TPSA) is 64.0 Å². The van der Waals surface area contributed by atoms with E-state index in [4.69, 9.17) is 0 Å². The van der Waals surface area contributed by atoms with Crippen LogP contribution >= 0.6 is 0 Å². The molecule has 0 aliphatic heterocycles. The quantitative estimate of drug-likeness (QED) is 0.757. The minimum atomic E-state index is -4.05. The molecule has 1 N–H and O–H groups in total. The molecule has 1 aromatic heterocycles. The average molecular weight is 363 g/mol. The van der Waals surface area contributed by atoms with Gasteiger partial charge in [-0.3, -0.25) is 0 Å². The van der Waals surface area contributed by atoms with E-state index in [0.29, 0.717) is 11.6 Å². The molecule has 8 heteroatoms. The monoisotopic (exact) mass is 363 g/mol. The summed E-state index contributed by atoms with van der Waals surface area (Å²) < 4.78 is 55.4. The largest absolute Gasteiger partial charge is 0.306 e. The lowest BCUT2D eigenvalue weighted by Crippen LogP contribution is -2.27. The highest BCUT2D eigenvalue weighted by Crippen LogP contribution is 2.20. The summed E-state index contributed by atoms with van der Waals surface area (Å²) >= 11 is 0. The van der Waals surface area contributed by atoms with Gasteiger partial charge in [-0.05, 0) is 36.8 Å². The summed E-state index contributed by atoms with van der Waals surface area (Å²) in [4.78, 5) is 3.51. The van der Waals surface area contributed by atoms with Gasteiger partial charge in [-0.25, -0.2) is 26.9 Å². The summed E-state index contributed by atoms with van der Waals surface area (Å²) in [5.41, 5.74) is 1.59. The summed E-state index contributed by atoms with van der Waals surface area (Å²) in [7, 11) is -4.05. The number of hydrogen-bond donors (Lipinski definition) is 1. The Morgan fingerprint density at radius 3 is 2.28 bits per heavy atom. The second-order valence-electron chi connectivity index (χ2n) is 5.51. The fourth-order valence-electron chi connectivity index (χ4n) is 2.40. The molecule has 25 heavy (non-hydrogen) atoms. The van der Waals surface area contributed by atoms with Gasteiger partial charge in [0.25, 0.3) is 0 Å². The van der Waals surface area contributed by atoms with Gasteiger partial charge >= 0.3 is 0 Å². The third-order valence-corrected chi connectivity index (χ3v) is 5.19. The number of hydrogen-bond acceptors (Lipinski definition) is 3. The number of rotatable bonds is 5. The van der Waals surface area contributed by atoms with E-state index in [2.05, 4.69) is 9.71 Å². The summed E-state index contributed by atoms with van der Waals surface area (Å²) in [5.74, 6) is -1.89. The van der Waals surface area contributed by atoms with Gasteiger partial charge in [-0.15, -0.1) is 0 Å². The molecular weight excluding hydrogens is 348 g/mol. The van der Waals surface area contributed by atoms with Crippen molar-refractivity contribution in [3.8, 4) is 5.69 Å². The second kappa shape index (κ2) is 6.73. The van der Waals surface area contributed by atoms with Crippen LogP contribution in [0, 0.1) is 11.6 Å². The molecule has 1 unspecified atom stereocenters. The van der Waals surface area contributed by atoms with Crippen LogP contribution < -0.4 is 4.72 Å². The van der Waals surface area contributed by atoms with Gasteiger partial charge in [0, 0.05) is 30.2 Å². The molecule has 3 rings (SSSR count). The first-order valence-corrected chi connectivity index (χ1v) is 8.90. The smallest absolute Gasteiger partial charge is 0.241 e. The fraction of sp³-hybridized carbons (Fsp3) is 0.118. The zero-order valence-electron chi connectivity index (χ0n) is 13.2. The van der Waals surface area contributed by atoms with Gasteiger partial charge in [0.2, 0.25) is 10.0 Å². The van der Waals surface area contributed by atoms with Crippen LogP contribution in [-0.4, -0.2) is 18.0 Å². The zero-order chi connectivity index (χ0) is 18.0. The average Bonchev–Trinajstić information content (AvgIpc) is 3.08. The van der Waals surface area contributed by atoms with Crippen molar-refractivity contribution in [1.29, 1.82) is 0 Å². The molecule has 0 amide bonds. The number of nitrogens with one attached hydrogen (secondary N) is 1. The predicted octanol–water partition coefficient (Wildman–Crippen LogP) is 3.19. The molecule has 5 nitrogen and oxygen atoms in total. The van der Waals surface area contributed by atoms with Crippen molar-refractivity contribution in [3.63, 3.8) is 0 Å². The van der Waals surface area contributed by atoms with E-state index >= 15 is 0 Å². The van der Waals surface area contributed by atoms with Crippen LogP contribution in [0.25, 0.3) is 5.69 Å². The van der Waals surface area contributed by atoms with Crippen molar-refractivity contribution < 1.29 is 17.2 Å². The molecule has 0 bridgehead atoms. The molecule has 1 heterocycles. The molecule has 0 fully saturated rings. The molecule has 0 aliphatic carbocycles. The van der Waals surface area contributed by atoms with Gasteiger partial charge in [0.15, 0.2) is 0 Å². The third kappa shape index (κ3) is 3.92. The van der Waals surface area contributed by atoms with E-state index in [-0.39, 0.29) is 0 Å². The maximum Gasteiger partial charge on any atom is 0.241 e. The highest BCUT2D eigenvalue weighted by molar-refractivity contribution is 7.89. The summed E-state index contributed by atoms with van der Waals surface area (Å²) in [6.45, 7) is 1.65. The first kappa shape index (κ1) is 17.2. The van der Waals surface area contributed by atoms with E-state index in [1.54, 1.807) is 37.8 Å². The zero-order valence-corrected chi connectivity index (χ0v) is 14.0. The van der Waals surface area contributed by atoms with Gasteiger partial charge in [0.1, 0.15) is 11.6 Å². The molecule has 1 atom stereocenters. The van der Waals surface area contributed by atoms with Crippen LogP contribution in [0.1, 0.15) is 18.5 Å². The van der Waals surface area contributed by atoms with Crippen LogP contribution in [0.5, 0.6) is 0 Å². The molecule has 2 aromatic carbocycles. The Morgan fingerprint density at radius 2 is 1.72 bits per heavy atom. The maximum absolute atomic E-state index is 13.3. The molecular formula is C17H15F2N3O2S. The third-order valence-electron chi connectivity index (χ3n) is 3.67. The Kier molecular flexibility index (Phi) is 4.65. The molecule has 0 spiro atoms. The second-order valence-corrected chi connectivity index (χ2v) is 7.22. The Bertz CT molecular complexity index is 951. The maximum atomic E-state index is 13.3. The summed E-state index contributed by atoms with van der Waals surface area (Å²) in [6.07, 6.45) is 5.10. The normalized spacial score (nSPS) is 12.9. The van der Waals surface area contributed by atoms with Crippen molar-refractivity contribution in [2.45, 2.75) is 17.9 Å². The van der Waals surface area contributed by atoms with E-state index in [9.17, 15) is 17.2 Å². The summed E-state index contributed by atoms with van der Waals surface area (Å²) in [5, 5.41) is 0. The van der Waals surface area contributed by atoms with E-state index in [0.717, 1.165) is 17.8 Å². The Morgan fingerprint density at radius 1 is 1.08 bits per heavy atom. The highest BCUT2D eigenvalue weighted by atomic mass is 32.2. The van der Waals surface area contributed by atoms with Crippen LogP contribution in [0.4, 0.5) is 8.78 Å². The van der Waals surface area contributed by atoms with E-state index < -0.39 is 32.6 Å². The van der Waals surface area contributed by atoms with Gasteiger partial charge in [-0.2, -0.15) is 0 Å². The van der Waals surface area contributed by atoms with Crippen LogP contribution in [0.2, 0.25) is 0 Å². The Hall–Kier alpha value is -2.58. The standard InChI is InChI=1S/C17H15F2N3O2S/c1-12(13-2-4-16(5-3-13)22-7-6-20-11-22)21-25(23,24)17-9-14(18)8-15(19)10-17/h2-12,21H,1H3. The number of sulfonamides is 1. The van der Waals surface area contributed by atoms with Crippen molar-refractivity contribution in [1.82, 2.24) is 14.3 Å². The van der Waals surface area contributed by atoms with E-state index in [1.807, 2.05) is 16.7 Å². The fourth-order valence-corrected chi connectivity index (χ4v) is 3.67.